The first-order valence-electron chi connectivity index (χ1n) is 11.2. The molecule has 0 bridgehead atoms. The molecule has 31 heavy (non-hydrogen) atoms. The van der Waals surface area contributed by atoms with Gasteiger partial charge < -0.3 is 24.2 Å². The second-order valence-electron chi connectivity index (χ2n) is 8.65. The van der Waals surface area contributed by atoms with Crippen LogP contribution in [0.1, 0.15) is 25.3 Å². The van der Waals surface area contributed by atoms with Gasteiger partial charge in [-0.2, -0.15) is 0 Å². The molecule has 2 aromatic rings. The molecule has 8 nitrogen and oxygen atoms in total. The average Bonchev–Trinajstić information content (AvgIpc) is 3.28. The molecule has 1 aromatic carbocycles. The normalized spacial score (nSPS) is 19.1. The van der Waals surface area contributed by atoms with Crippen LogP contribution in [-0.4, -0.2) is 67.1 Å². The maximum absolute atomic E-state index is 12.8. The largest absolute Gasteiger partial charge is 0.454 e. The van der Waals surface area contributed by atoms with Crippen molar-refractivity contribution in [2.75, 3.05) is 55.9 Å². The van der Waals surface area contributed by atoms with Gasteiger partial charge in [-0.1, -0.05) is 13.0 Å². The fourth-order valence-electron chi connectivity index (χ4n) is 4.42. The van der Waals surface area contributed by atoms with Crippen molar-refractivity contribution >= 4 is 17.5 Å². The number of ether oxygens (including phenoxy) is 2. The highest BCUT2D eigenvalue weighted by Gasteiger charge is 2.24. The van der Waals surface area contributed by atoms with Crippen LogP contribution in [0.3, 0.4) is 0 Å². The zero-order valence-electron chi connectivity index (χ0n) is 18.0. The molecule has 1 amide bonds. The minimum atomic E-state index is 0.138. The molecule has 0 spiro atoms. The number of benzene rings is 1. The third-order valence-corrected chi connectivity index (χ3v) is 6.49. The summed E-state index contributed by atoms with van der Waals surface area (Å²) in [5.74, 6) is 4.25. The number of carbonyl (C=O) groups is 1. The maximum atomic E-state index is 12.8. The van der Waals surface area contributed by atoms with Crippen molar-refractivity contribution in [3.05, 3.63) is 35.9 Å². The molecule has 3 aliphatic heterocycles. The molecule has 164 valence electrons. The van der Waals surface area contributed by atoms with E-state index in [1.54, 1.807) is 0 Å². The van der Waals surface area contributed by atoms with Gasteiger partial charge in [0.1, 0.15) is 0 Å². The molecule has 2 saturated heterocycles. The lowest BCUT2D eigenvalue weighted by Crippen LogP contribution is -2.49. The number of carbonyl (C=O) groups excluding carboxylic acids is 1. The number of piperazine rings is 1. The van der Waals surface area contributed by atoms with E-state index < -0.39 is 0 Å². The summed E-state index contributed by atoms with van der Waals surface area (Å²) in [6, 6.07) is 9.84. The fraction of sp³-hybridized carbons (Fsp3) is 0.522. The number of aromatic nitrogens is 2. The number of nitrogens with zero attached hydrogens (tertiary/aromatic N) is 5. The van der Waals surface area contributed by atoms with Crippen LogP contribution < -0.4 is 19.3 Å². The van der Waals surface area contributed by atoms with Crippen LogP contribution in [0, 0.1) is 5.92 Å². The van der Waals surface area contributed by atoms with E-state index in [-0.39, 0.29) is 12.7 Å². The van der Waals surface area contributed by atoms with E-state index in [0.717, 1.165) is 60.8 Å². The molecule has 0 atom stereocenters. The first-order chi connectivity index (χ1) is 15.2. The van der Waals surface area contributed by atoms with E-state index in [1.165, 1.54) is 12.8 Å². The molecule has 8 heteroatoms. The van der Waals surface area contributed by atoms with Crippen molar-refractivity contribution in [1.82, 2.24) is 15.1 Å². The van der Waals surface area contributed by atoms with Gasteiger partial charge in [0.15, 0.2) is 23.1 Å². The summed E-state index contributed by atoms with van der Waals surface area (Å²) in [6.07, 6.45) is 2.80. The summed E-state index contributed by atoms with van der Waals surface area (Å²) < 4.78 is 10.7. The number of hydrogen-bond acceptors (Lipinski definition) is 7. The van der Waals surface area contributed by atoms with Crippen molar-refractivity contribution in [3.8, 4) is 11.5 Å². The lowest BCUT2D eigenvalue weighted by Gasteiger charge is -2.35. The second kappa shape index (κ2) is 8.61. The van der Waals surface area contributed by atoms with E-state index in [4.69, 9.17) is 9.47 Å². The van der Waals surface area contributed by atoms with Gasteiger partial charge >= 0.3 is 0 Å². The molecule has 4 heterocycles. The summed E-state index contributed by atoms with van der Waals surface area (Å²) in [5, 5.41) is 8.95. The molecular formula is C23H29N5O3. The molecule has 0 saturated carbocycles. The van der Waals surface area contributed by atoms with E-state index in [1.807, 2.05) is 23.1 Å². The predicted octanol–water partition coefficient (Wildman–Crippen LogP) is 2.33. The van der Waals surface area contributed by atoms with E-state index in [2.05, 4.69) is 39.1 Å². The summed E-state index contributed by atoms with van der Waals surface area (Å²) in [7, 11) is 0. The van der Waals surface area contributed by atoms with Crippen molar-refractivity contribution < 1.29 is 14.3 Å². The molecule has 3 aliphatic rings. The van der Waals surface area contributed by atoms with Crippen LogP contribution in [0.25, 0.3) is 0 Å². The molecule has 0 unspecified atom stereocenters. The lowest BCUT2D eigenvalue weighted by atomic mass is 9.99. The SMILES string of the molecule is CC1CCN(c2ccc(N3CCN(C(=O)Cc4ccc5c(c4)OCO5)CC3)nn2)CC1. The Labute approximate surface area is 182 Å². The predicted molar refractivity (Wildman–Crippen MR) is 118 cm³/mol. The van der Waals surface area contributed by atoms with Crippen molar-refractivity contribution in [3.63, 3.8) is 0 Å². The minimum Gasteiger partial charge on any atom is -0.454 e. The van der Waals surface area contributed by atoms with E-state index >= 15 is 0 Å². The van der Waals surface area contributed by atoms with Crippen LogP contribution in [0.2, 0.25) is 0 Å². The number of fused-ring (bicyclic) bond motifs is 1. The molecule has 2 fully saturated rings. The Kier molecular flexibility index (Phi) is 5.53. The topological polar surface area (TPSA) is 71.0 Å². The highest BCUT2D eigenvalue weighted by atomic mass is 16.7. The summed E-state index contributed by atoms with van der Waals surface area (Å²) in [6.45, 7) is 7.58. The van der Waals surface area contributed by atoms with Crippen LogP contribution in [0.5, 0.6) is 11.5 Å². The highest BCUT2D eigenvalue weighted by Crippen LogP contribution is 2.32. The van der Waals surface area contributed by atoms with E-state index in [9.17, 15) is 4.79 Å². The van der Waals surface area contributed by atoms with Gasteiger partial charge in [0, 0.05) is 39.3 Å². The van der Waals surface area contributed by atoms with Crippen LogP contribution in [-0.2, 0) is 11.2 Å². The third-order valence-electron chi connectivity index (χ3n) is 6.49. The lowest BCUT2D eigenvalue weighted by molar-refractivity contribution is -0.130. The van der Waals surface area contributed by atoms with Gasteiger partial charge in [-0.25, -0.2) is 0 Å². The number of hydrogen-bond donors (Lipinski definition) is 0. The fourth-order valence-corrected chi connectivity index (χ4v) is 4.42. The average molecular weight is 424 g/mol. The van der Waals surface area contributed by atoms with Gasteiger partial charge in [-0.05, 0) is 48.6 Å². The molecule has 5 rings (SSSR count). The first-order valence-corrected chi connectivity index (χ1v) is 11.2. The van der Waals surface area contributed by atoms with Crippen LogP contribution >= 0.6 is 0 Å². The first kappa shape index (κ1) is 19.9. The second-order valence-corrected chi connectivity index (χ2v) is 8.65. The Bertz CT molecular complexity index is 919. The molecule has 0 N–H and O–H groups in total. The Balaban J connectivity index is 1.13. The van der Waals surface area contributed by atoms with Gasteiger partial charge in [-0.15, -0.1) is 10.2 Å². The smallest absolute Gasteiger partial charge is 0.231 e. The van der Waals surface area contributed by atoms with E-state index in [0.29, 0.717) is 19.5 Å². The quantitative estimate of drug-likeness (QED) is 0.747. The number of anilines is 2. The minimum absolute atomic E-state index is 0.138. The Morgan fingerprint density at radius 3 is 2.23 bits per heavy atom. The molecule has 1 aromatic heterocycles. The molecule has 0 aliphatic carbocycles. The standard InChI is InChI=1S/C23H29N5O3/c1-17-6-8-26(9-7-17)21-4-5-22(25-24-21)27-10-12-28(13-11-27)23(29)15-18-2-3-19-20(14-18)31-16-30-19/h2-5,14,17H,6-13,15-16H2,1H3. The zero-order valence-corrected chi connectivity index (χ0v) is 18.0. The Morgan fingerprint density at radius 2 is 1.55 bits per heavy atom. The maximum Gasteiger partial charge on any atom is 0.231 e. The third kappa shape index (κ3) is 4.38. The van der Waals surface area contributed by atoms with Gasteiger partial charge in [-0.3, -0.25) is 4.79 Å². The van der Waals surface area contributed by atoms with Gasteiger partial charge in [0.2, 0.25) is 12.7 Å². The van der Waals surface area contributed by atoms with Crippen molar-refractivity contribution in [1.29, 1.82) is 0 Å². The Morgan fingerprint density at radius 1 is 0.903 bits per heavy atom. The number of rotatable bonds is 4. The summed E-state index contributed by atoms with van der Waals surface area (Å²) in [5.41, 5.74) is 0.949. The summed E-state index contributed by atoms with van der Waals surface area (Å²) in [4.78, 5) is 19.2. The monoisotopic (exact) mass is 423 g/mol. The Hall–Kier alpha value is -3.03. The van der Waals surface area contributed by atoms with Crippen molar-refractivity contribution in [2.45, 2.75) is 26.2 Å². The van der Waals surface area contributed by atoms with Crippen LogP contribution in [0.4, 0.5) is 11.6 Å². The number of amides is 1. The molecule has 0 radical (unpaired) electrons. The van der Waals surface area contributed by atoms with Crippen molar-refractivity contribution in [2.24, 2.45) is 5.92 Å². The van der Waals surface area contributed by atoms with Gasteiger partial charge in [0.25, 0.3) is 0 Å². The summed E-state index contributed by atoms with van der Waals surface area (Å²) >= 11 is 0. The number of piperidine rings is 1. The van der Waals surface area contributed by atoms with Gasteiger partial charge in [0.05, 0.1) is 6.42 Å². The zero-order chi connectivity index (χ0) is 21.2. The van der Waals surface area contributed by atoms with Crippen LogP contribution in [0.15, 0.2) is 30.3 Å². The molecular weight excluding hydrogens is 394 g/mol. The highest BCUT2D eigenvalue weighted by molar-refractivity contribution is 5.79.